The first kappa shape index (κ1) is 11.9. The molecule has 1 unspecified atom stereocenters. The van der Waals surface area contributed by atoms with Crippen LogP contribution >= 0.6 is 0 Å². The number of rotatable bonds is 3. The molecule has 0 aromatic carbocycles. The van der Waals surface area contributed by atoms with Gasteiger partial charge in [0.15, 0.2) is 18.1 Å². The Bertz CT molecular complexity index is 461. The second kappa shape index (κ2) is 4.75. The van der Waals surface area contributed by atoms with Crippen LogP contribution in [0.4, 0.5) is 0 Å². The number of hydrogen-bond acceptors (Lipinski definition) is 6. The Morgan fingerprint density at radius 2 is 2.24 bits per heavy atom. The molecule has 6 nitrogen and oxygen atoms in total. The molecule has 6 heteroatoms. The third-order valence-electron chi connectivity index (χ3n) is 2.84. The minimum atomic E-state index is -0.777. The molecule has 0 aliphatic carbocycles. The van der Waals surface area contributed by atoms with Crippen LogP contribution in [0, 0.1) is 6.92 Å². The minimum absolute atomic E-state index is 0.0665. The average molecular weight is 241 g/mol. The summed E-state index contributed by atoms with van der Waals surface area (Å²) in [5.74, 6) is -0.497. The van der Waals surface area contributed by atoms with Crippen molar-refractivity contribution >= 4 is 5.97 Å². The highest BCUT2D eigenvalue weighted by atomic mass is 16.6. The van der Waals surface area contributed by atoms with E-state index in [1.54, 1.807) is 6.92 Å². The molecule has 1 fully saturated rings. The van der Waals surface area contributed by atoms with Crippen molar-refractivity contribution in [2.45, 2.75) is 45.4 Å². The van der Waals surface area contributed by atoms with E-state index in [9.17, 15) is 9.59 Å². The van der Waals surface area contributed by atoms with E-state index in [2.05, 4.69) is 9.73 Å². The Labute approximate surface area is 97.9 Å². The van der Waals surface area contributed by atoms with Crippen LogP contribution in [-0.4, -0.2) is 18.1 Å². The summed E-state index contributed by atoms with van der Waals surface area (Å²) >= 11 is 0. The summed E-state index contributed by atoms with van der Waals surface area (Å²) in [6, 6.07) is 0.0741. The van der Waals surface area contributed by atoms with Gasteiger partial charge in [-0.25, -0.2) is 4.79 Å². The Balaban J connectivity index is 1.88. The molecule has 2 rings (SSSR count). The molecule has 1 aliphatic rings. The van der Waals surface area contributed by atoms with Crippen LogP contribution in [0.5, 0.6) is 0 Å². The summed E-state index contributed by atoms with van der Waals surface area (Å²) in [6.45, 7) is 3.54. The quantitative estimate of drug-likeness (QED) is 0.785. The first-order valence-corrected chi connectivity index (χ1v) is 5.58. The predicted molar refractivity (Wildman–Crippen MR) is 57.4 cm³/mol. The van der Waals surface area contributed by atoms with Gasteiger partial charge in [0.05, 0.1) is 0 Å². The summed E-state index contributed by atoms with van der Waals surface area (Å²) in [7, 11) is 0. The van der Waals surface area contributed by atoms with Gasteiger partial charge in [-0.1, -0.05) is 0 Å². The van der Waals surface area contributed by atoms with E-state index in [0.29, 0.717) is 11.8 Å². The zero-order valence-electron chi connectivity index (χ0n) is 9.82. The van der Waals surface area contributed by atoms with Crippen molar-refractivity contribution in [2.24, 2.45) is 0 Å². The van der Waals surface area contributed by atoms with Crippen LogP contribution in [0.3, 0.4) is 0 Å². The van der Waals surface area contributed by atoms with E-state index in [4.69, 9.17) is 9.15 Å². The lowest BCUT2D eigenvalue weighted by molar-refractivity contribution is -0.147. The van der Waals surface area contributed by atoms with Gasteiger partial charge in [-0.15, -0.1) is 0 Å². The smallest absolute Gasteiger partial charge is 0.456 e. The summed E-state index contributed by atoms with van der Waals surface area (Å²) in [6.07, 6.45) is 1.73. The number of ether oxygens (including phenoxy) is 1. The first-order valence-electron chi connectivity index (χ1n) is 5.58. The third-order valence-corrected chi connectivity index (χ3v) is 2.84. The van der Waals surface area contributed by atoms with Crippen molar-refractivity contribution in [3.63, 3.8) is 0 Å². The van der Waals surface area contributed by atoms with Gasteiger partial charge in [0, 0.05) is 6.04 Å². The highest BCUT2D eigenvalue weighted by Crippen LogP contribution is 2.14. The van der Waals surface area contributed by atoms with Crippen LogP contribution in [0.25, 0.3) is 0 Å². The zero-order valence-corrected chi connectivity index (χ0v) is 9.82. The number of hydrogen-bond donors (Lipinski definition) is 1. The number of carbonyl (C=O) groups excluding carboxylic acids is 1. The molecule has 1 aliphatic heterocycles. The van der Waals surface area contributed by atoms with Crippen LogP contribution < -0.4 is 11.1 Å². The van der Waals surface area contributed by atoms with Crippen LogP contribution in [0.2, 0.25) is 0 Å². The van der Waals surface area contributed by atoms with E-state index in [1.807, 2.05) is 6.92 Å². The molecule has 0 radical (unpaired) electrons. The minimum Gasteiger partial charge on any atom is -0.456 e. The normalized spacial score (nSPS) is 23.9. The topological polar surface area (TPSA) is 81.7 Å². The van der Waals surface area contributed by atoms with Crippen molar-refractivity contribution < 1.29 is 18.4 Å². The molecule has 1 aromatic heterocycles. The van der Waals surface area contributed by atoms with E-state index >= 15 is 0 Å². The highest BCUT2D eigenvalue weighted by molar-refractivity contribution is 5.76. The molecular weight excluding hydrogens is 226 g/mol. The molecule has 0 amide bonds. The van der Waals surface area contributed by atoms with E-state index in [0.717, 1.165) is 12.8 Å². The molecule has 94 valence electrons. The highest BCUT2D eigenvalue weighted by Gasteiger charge is 2.28. The van der Waals surface area contributed by atoms with E-state index in [-0.39, 0.29) is 24.4 Å². The second-order valence-corrected chi connectivity index (χ2v) is 4.24. The fraction of sp³-hybridized carbons (Fsp3) is 0.636. The van der Waals surface area contributed by atoms with Gasteiger partial charge in [-0.3, -0.25) is 4.79 Å². The monoisotopic (exact) mass is 241 g/mol. The number of aryl methyl sites for hydroxylation is 1. The molecule has 17 heavy (non-hydrogen) atoms. The van der Waals surface area contributed by atoms with Crippen molar-refractivity contribution in [1.82, 2.24) is 5.32 Å². The summed E-state index contributed by atoms with van der Waals surface area (Å²) < 4.78 is 14.4. The lowest BCUT2D eigenvalue weighted by Gasteiger charge is -2.10. The molecule has 1 aromatic rings. The van der Waals surface area contributed by atoms with Crippen LogP contribution in [0.15, 0.2) is 13.6 Å². The molecule has 2 heterocycles. The van der Waals surface area contributed by atoms with Gasteiger partial charge in [0.2, 0.25) is 0 Å². The Morgan fingerprint density at radius 3 is 2.76 bits per heavy atom. The van der Waals surface area contributed by atoms with Crippen molar-refractivity contribution in [3.8, 4) is 0 Å². The summed E-state index contributed by atoms with van der Waals surface area (Å²) in [4.78, 5) is 22.4. The molecule has 2 atom stereocenters. The van der Waals surface area contributed by atoms with Gasteiger partial charge in [-0.05, 0) is 26.7 Å². The van der Waals surface area contributed by atoms with Crippen molar-refractivity contribution in [1.29, 1.82) is 0 Å². The maximum absolute atomic E-state index is 11.6. The lowest BCUT2D eigenvalue weighted by atomic mass is 10.2. The van der Waals surface area contributed by atoms with Gasteiger partial charge >= 0.3 is 11.8 Å². The zero-order chi connectivity index (χ0) is 12.4. The van der Waals surface area contributed by atoms with Crippen LogP contribution in [-0.2, 0) is 16.1 Å². The lowest BCUT2D eigenvalue weighted by Crippen LogP contribution is -2.35. The van der Waals surface area contributed by atoms with Crippen molar-refractivity contribution in [2.75, 3.05) is 0 Å². The standard InChI is InChI=1S/C11H15NO5/c1-6-3-4-8(12-6)10(13)15-5-9-7(2)16-11(14)17-9/h6,8,12H,3-5H2,1-2H3/t6?,8-/m0/s1. The number of carbonyl (C=O) groups is 1. The Hall–Kier alpha value is -1.56. The summed E-state index contributed by atoms with van der Waals surface area (Å²) in [5, 5.41) is 3.12. The Morgan fingerprint density at radius 1 is 1.47 bits per heavy atom. The number of esters is 1. The van der Waals surface area contributed by atoms with Gasteiger partial charge in [0.1, 0.15) is 6.04 Å². The maximum Gasteiger partial charge on any atom is 0.519 e. The van der Waals surface area contributed by atoms with Gasteiger partial charge in [0.25, 0.3) is 0 Å². The fourth-order valence-corrected chi connectivity index (χ4v) is 1.86. The third kappa shape index (κ3) is 2.76. The second-order valence-electron chi connectivity index (χ2n) is 4.24. The largest absolute Gasteiger partial charge is 0.519 e. The predicted octanol–water partition coefficient (Wildman–Crippen LogP) is 0.725. The molecule has 0 bridgehead atoms. The number of nitrogens with one attached hydrogen (secondary N) is 1. The molecular formula is C11H15NO5. The average Bonchev–Trinajstić information content (AvgIpc) is 2.82. The molecule has 0 spiro atoms. The molecule has 1 saturated heterocycles. The van der Waals surface area contributed by atoms with E-state index < -0.39 is 5.82 Å². The SMILES string of the molecule is Cc1oc(=O)oc1COC(=O)[C@@H]1CCC(C)N1. The molecule has 0 saturated carbocycles. The summed E-state index contributed by atoms with van der Waals surface area (Å²) in [5.41, 5.74) is 0. The van der Waals surface area contributed by atoms with E-state index in [1.165, 1.54) is 0 Å². The Kier molecular flexibility index (Phi) is 3.33. The van der Waals surface area contributed by atoms with Gasteiger partial charge in [-0.2, -0.15) is 0 Å². The van der Waals surface area contributed by atoms with Gasteiger partial charge < -0.3 is 18.9 Å². The first-order chi connectivity index (χ1) is 8.06. The maximum atomic E-state index is 11.6. The van der Waals surface area contributed by atoms with Crippen molar-refractivity contribution in [3.05, 3.63) is 22.1 Å². The molecule has 1 N–H and O–H groups in total. The van der Waals surface area contributed by atoms with Crippen LogP contribution in [0.1, 0.15) is 31.3 Å². The fourth-order valence-electron chi connectivity index (χ4n) is 1.86.